The van der Waals surface area contributed by atoms with Crippen molar-refractivity contribution in [3.8, 4) is 5.75 Å². The van der Waals surface area contributed by atoms with E-state index in [1.165, 1.54) is 0 Å². The third kappa shape index (κ3) is 4.96. The lowest BCUT2D eigenvalue weighted by atomic mass is 9.90. The summed E-state index contributed by atoms with van der Waals surface area (Å²) in [5, 5.41) is 0. The molecule has 106 valence electrons. The summed E-state index contributed by atoms with van der Waals surface area (Å²) < 4.78 is 6.04. The van der Waals surface area contributed by atoms with Crippen molar-refractivity contribution < 1.29 is 9.53 Å². The van der Waals surface area contributed by atoms with Crippen molar-refractivity contribution in [2.75, 3.05) is 13.7 Å². The van der Waals surface area contributed by atoms with Gasteiger partial charge in [-0.3, -0.25) is 4.79 Å². The van der Waals surface area contributed by atoms with Gasteiger partial charge in [-0.2, -0.15) is 0 Å². The summed E-state index contributed by atoms with van der Waals surface area (Å²) in [6.07, 6.45) is 1.28. The molecule has 1 aromatic rings. The summed E-state index contributed by atoms with van der Waals surface area (Å²) in [6.45, 7) is 4.65. The van der Waals surface area contributed by atoms with Gasteiger partial charge in [0.1, 0.15) is 11.5 Å². The van der Waals surface area contributed by atoms with Crippen LogP contribution in [-0.2, 0) is 11.2 Å². The maximum atomic E-state index is 12.2. The zero-order valence-electron chi connectivity index (χ0n) is 11.8. The molecule has 0 heterocycles. The highest BCUT2D eigenvalue weighted by molar-refractivity contribution is 9.10. The van der Waals surface area contributed by atoms with Crippen LogP contribution in [0, 0.1) is 11.8 Å². The molecule has 0 spiro atoms. The van der Waals surface area contributed by atoms with Gasteiger partial charge < -0.3 is 10.5 Å². The third-order valence-electron chi connectivity index (χ3n) is 3.09. The molecule has 2 N–H and O–H groups in total. The van der Waals surface area contributed by atoms with Crippen LogP contribution < -0.4 is 10.5 Å². The smallest absolute Gasteiger partial charge is 0.141 e. The minimum absolute atomic E-state index is 0.0409. The van der Waals surface area contributed by atoms with Gasteiger partial charge >= 0.3 is 0 Å². The number of nitrogens with two attached hydrogens (primary N) is 1. The highest BCUT2D eigenvalue weighted by Gasteiger charge is 2.18. The van der Waals surface area contributed by atoms with Gasteiger partial charge in [-0.05, 0) is 46.0 Å². The second-order valence-electron chi connectivity index (χ2n) is 5.17. The molecule has 3 nitrogen and oxygen atoms in total. The molecule has 0 aliphatic heterocycles. The third-order valence-corrected chi connectivity index (χ3v) is 3.71. The first-order valence-electron chi connectivity index (χ1n) is 6.53. The second-order valence-corrected chi connectivity index (χ2v) is 6.03. The van der Waals surface area contributed by atoms with Crippen molar-refractivity contribution in [2.45, 2.75) is 26.7 Å². The number of ketones is 1. The molecular weight excluding hydrogens is 306 g/mol. The summed E-state index contributed by atoms with van der Waals surface area (Å²) >= 11 is 3.43. The number of benzene rings is 1. The Labute approximate surface area is 123 Å². The molecule has 1 aromatic carbocycles. The van der Waals surface area contributed by atoms with Crippen LogP contribution in [0.25, 0.3) is 0 Å². The van der Waals surface area contributed by atoms with E-state index in [1.54, 1.807) is 7.11 Å². The molecule has 4 heteroatoms. The van der Waals surface area contributed by atoms with Crippen LogP contribution in [0.1, 0.15) is 25.8 Å². The van der Waals surface area contributed by atoms with Gasteiger partial charge in [0.15, 0.2) is 0 Å². The minimum atomic E-state index is -0.0409. The van der Waals surface area contributed by atoms with Gasteiger partial charge in [-0.1, -0.05) is 19.9 Å². The standard InChI is InChI=1S/C15H22BrNO2/c1-10(2)6-12(9-17)14(18)8-11-4-5-15(19-3)13(16)7-11/h4-5,7,10,12H,6,8-9,17H2,1-3H3. The lowest BCUT2D eigenvalue weighted by Gasteiger charge is -2.16. The van der Waals surface area contributed by atoms with E-state index in [2.05, 4.69) is 29.8 Å². The van der Waals surface area contributed by atoms with E-state index < -0.39 is 0 Å². The highest BCUT2D eigenvalue weighted by atomic mass is 79.9. The fraction of sp³-hybridized carbons (Fsp3) is 0.533. The van der Waals surface area contributed by atoms with Gasteiger partial charge in [0.25, 0.3) is 0 Å². The van der Waals surface area contributed by atoms with Crippen molar-refractivity contribution in [3.63, 3.8) is 0 Å². The first kappa shape index (κ1) is 16.2. The van der Waals surface area contributed by atoms with Crippen LogP contribution in [0.15, 0.2) is 22.7 Å². The number of rotatable bonds is 7. The van der Waals surface area contributed by atoms with E-state index in [-0.39, 0.29) is 11.7 Å². The highest BCUT2D eigenvalue weighted by Crippen LogP contribution is 2.26. The Balaban J connectivity index is 2.72. The molecule has 0 aromatic heterocycles. The van der Waals surface area contributed by atoms with Gasteiger partial charge in [0.05, 0.1) is 11.6 Å². The first-order chi connectivity index (χ1) is 8.97. The molecule has 1 rings (SSSR count). The summed E-state index contributed by atoms with van der Waals surface area (Å²) in [7, 11) is 1.62. The molecule has 0 bridgehead atoms. The summed E-state index contributed by atoms with van der Waals surface area (Å²) in [6, 6.07) is 5.72. The molecule has 0 aliphatic carbocycles. The van der Waals surface area contributed by atoms with Crippen LogP contribution in [0.3, 0.4) is 0 Å². The van der Waals surface area contributed by atoms with Crippen LogP contribution in [-0.4, -0.2) is 19.4 Å². The van der Waals surface area contributed by atoms with Crippen LogP contribution in [0.5, 0.6) is 5.75 Å². The second kappa shape index (κ2) is 7.65. The number of halogens is 1. The van der Waals surface area contributed by atoms with Gasteiger partial charge in [-0.25, -0.2) is 0 Å². The molecule has 1 atom stereocenters. The summed E-state index contributed by atoms with van der Waals surface area (Å²) in [4.78, 5) is 12.2. The molecule has 1 unspecified atom stereocenters. The Morgan fingerprint density at radius 1 is 1.42 bits per heavy atom. The number of ether oxygens (including phenoxy) is 1. The molecule has 0 amide bonds. The monoisotopic (exact) mass is 327 g/mol. The Morgan fingerprint density at radius 2 is 2.11 bits per heavy atom. The fourth-order valence-electron chi connectivity index (χ4n) is 2.09. The van der Waals surface area contributed by atoms with Crippen molar-refractivity contribution in [3.05, 3.63) is 28.2 Å². The van der Waals surface area contributed by atoms with E-state index in [0.29, 0.717) is 18.9 Å². The van der Waals surface area contributed by atoms with Crippen molar-refractivity contribution in [1.29, 1.82) is 0 Å². The fourth-order valence-corrected chi connectivity index (χ4v) is 2.68. The van der Waals surface area contributed by atoms with E-state index in [4.69, 9.17) is 10.5 Å². The van der Waals surface area contributed by atoms with Gasteiger partial charge in [0.2, 0.25) is 0 Å². The van der Waals surface area contributed by atoms with Crippen molar-refractivity contribution >= 4 is 21.7 Å². The van der Waals surface area contributed by atoms with E-state index in [1.807, 2.05) is 18.2 Å². The van der Waals surface area contributed by atoms with Crippen LogP contribution >= 0.6 is 15.9 Å². The number of carbonyl (C=O) groups is 1. The molecule has 0 aliphatic rings. The van der Waals surface area contributed by atoms with E-state index >= 15 is 0 Å². The minimum Gasteiger partial charge on any atom is -0.496 e. The topological polar surface area (TPSA) is 52.3 Å². The number of hydrogen-bond donors (Lipinski definition) is 1. The van der Waals surface area contributed by atoms with E-state index in [0.717, 1.165) is 22.2 Å². The van der Waals surface area contributed by atoms with Crippen LogP contribution in [0.2, 0.25) is 0 Å². The molecule has 0 saturated carbocycles. The Bertz CT molecular complexity index is 432. The molecule has 0 saturated heterocycles. The number of methoxy groups -OCH3 is 1. The first-order valence-corrected chi connectivity index (χ1v) is 7.32. The lowest BCUT2D eigenvalue weighted by molar-refractivity contribution is -0.122. The van der Waals surface area contributed by atoms with Crippen molar-refractivity contribution in [1.82, 2.24) is 0 Å². The average molecular weight is 328 g/mol. The van der Waals surface area contributed by atoms with Crippen LogP contribution in [0.4, 0.5) is 0 Å². The lowest BCUT2D eigenvalue weighted by Crippen LogP contribution is -2.26. The maximum absolute atomic E-state index is 12.2. The Hall–Kier alpha value is -0.870. The zero-order chi connectivity index (χ0) is 14.4. The summed E-state index contributed by atoms with van der Waals surface area (Å²) in [5.41, 5.74) is 6.69. The largest absolute Gasteiger partial charge is 0.496 e. The number of hydrogen-bond acceptors (Lipinski definition) is 3. The SMILES string of the molecule is COc1ccc(CC(=O)C(CN)CC(C)C)cc1Br. The van der Waals surface area contributed by atoms with Gasteiger partial charge in [0, 0.05) is 18.9 Å². The predicted octanol–water partition coefficient (Wildman–Crippen LogP) is 3.19. The Kier molecular flexibility index (Phi) is 6.52. The molecule has 0 radical (unpaired) electrons. The zero-order valence-corrected chi connectivity index (χ0v) is 13.4. The van der Waals surface area contributed by atoms with Gasteiger partial charge in [-0.15, -0.1) is 0 Å². The average Bonchev–Trinajstić information content (AvgIpc) is 2.35. The van der Waals surface area contributed by atoms with Crippen molar-refractivity contribution in [2.24, 2.45) is 17.6 Å². The maximum Gasteiger partial charge on any atom is 0.141 e. The van der Waals surface area contributed by atoms with E-state index in [9.17, 15) is 4.79 Å². The number of carbonyl (C=O) groups excluding carboxylic acids is 1. The molecule has 0 fully saturated rings. The molecular formula is C15H22BrNO2. The molecule has 19 heavy (non-hydrogen) atoms. The number of Topliss-reactive ketones (excluding diaryl/α,β-unsaturated/α-hetero) is 1. The Morgan fingerprint density at radius 3 is 2.58 bits per heavy atom. The summed E-state index contributed by atoms with van der Waals surface area (Å²) in [5.74, 6) is 1.43. The normalized spacial score (nSPS) is 12.5. The predicted molar refractivity (Wildman–Crippen MR) is 81.4 cm³/mol. The quantitative estimate of drug-likeness (QED) is 0.836.